The van der Waals surface area contributed by atoms with E-state index in [0.717, 1.165) is 73.0 Å². The number of fused-ring (bicyclic) bond motifs is 3. The number of aryl methyl sites for hydroxylation is 1. The molecule has 1 saturated carbocycles. The number of aliphatic hydroxyl groups is 2. The molecule has 2 aliphatic carbocycles. The number of hydrogen-bond donors (Lipinski definition) is 2. The van der Waals surface area contributed by atoms with Crippen LogP contribution in [0.2, 0.25) is 0 Å². The van der Waals surface area contributed by atoms with Crippen LogP contribution in [0.5, 0.6) is 23.0 Å². The van der Waals surface area contributed by atoms with E-state index in [0.29, 0.717) is 53.5 Å². The first-order chi connectivity index (χ1) is 38.2. The van der Waals surface area contributed by atoms with Crippen molar-refractivity contribution in [2.45, 2.75) is 161 Å². The smallest absolute Gasteiger partial charge is 0.410 e. The van der Waals surface area contributed by atoms with Gasteiger partial charge in [0.05, 0.1) is 35.5 Å². The van der Waals surface area contributed by atoms with Gasteiger partial charge in [-0.2, -0.15) is 0 Å². The number of oxime groups is 1. The van der Waals surface area contributed by atoms with E-state index in [1.165, 1.54) is 50.7 Å². The SMILES string of the molecule is C=CCO[C@@]12Oc3ccc(OCc4cccc(C)n4)cc3[C@H]3[C@H](CCCCO)[C@@H](CCCCO)C=C(C(=NOCc4ccc([N+](=O)[O-])cc4)C[C@@H]1N(Cc1ccc4c(c1)OCO4)C(=O)OCCCCCCCCCCCC)[C@H]32. The fourth-order valence-corrected chi connectivity index (χ4v) is 11.8. The highest BCUT2D eigenvalue weighted by molar-refractivity contribution is 6.03. The van der Waals surface area contributed by atoms with E-state index in [2.05, 4.69) is 30.6 Å². The minimum atomic E-state index is -1.55. The Bertz CT molecular complexity index is 2660. The van der Waals surface area contributed by atoms with Crippen LogP contribution in [0.25, 0.3) is 0 Å². The summed E-state index contributed by atoms with van der Waals surface area (Å²) in [5.74, 6) is -0.0919. The van der Waals surface area contributed by atoms with Crippen LogP contribution in [0.4, 0.5) is 10.5 Å². The molecule has 1 aromatic heterocycles. The lowest BCUT2D eigenvalue weighted by molar-refractivity contribution is -0.384. The van der Waals surface area contributed by atoms with Gasteiger partial charge in [0.15, 0.2) is 11.5 Å². The van der Waals surface area contributed by atoms with Crippen molar-refractivity contribution >= 4 is 17.5 Å². The van der Waals surface area contributed by atoms with Crippen molar-refractivity contribution in [3.63, 3.8) is 0 Å². The number of rotatable bonds is 32. The van der Waals surface area contributed by atoms with Gasteiger partial charge < -0.3 is 43.5 Å². The van der Waals surface area contributed by atoms with Gasteiger partial charge in [0.25, 0.3) is 5.69 Å². The van der Waals surface area contributed by atoms with Gasteiger partial charge in [0, 0.05) is 55.5 Å². The molecule has 0 radical (unpaired) electrons. The predicted octanol–water partition coefficient (Wildman–Crippen LogP) is 13.0. The molecule has 1 fully saturated rings. The van der Waals surface area contributed by atoms with E-state index in [4.69, 9.17) is 38.4 Å². The van der Waals surface area contributed by atoms with Crippen LogP contribution in [-0.2, 0) is 34.1 Å². The quantitative estimate of drug-likeness (QED) is 0.0203. The Morgan fingerprint density at radius 1 is 0.859 bits per heavy atom. The lowest BCUT2D eigenvalue weighted by Gasteiger charge is -2.59. The lowest BCUT2D eigenvalue weighted by atomic mass is 9.55. The summed E-state index contributed by atoms with van der Waals surface area (Å²) in [6, 6.07) is 22.7. The van der Waals surface area contributed by atoms with Crippen LogP contribution in [0.1, 0.15) is 150 Å². The largest absolute Gasteiger partial charge is 0.487 e. The molecule has 3 heterocycles. The highest BCUT2D eigenvalue weighted by atomic mass is 16.7. The average Bonchev–Trinajstić information content (AvgIpc) is 3.40. The number of hydrogen-bond acceptors (Lipinski definition) is 14. The van der Waals surface area contributed by atoms with E-state index >= 15 is 4.79 Å². The molecule has 0 bridgehead atoms. The van der Waals surface area contributed by atoms with Gasteiger partial charge in [-0.25, -0.2) is 4.79 Å². The summed E-state index contributed by atoms with van der Waals surface area (Å²) in [5, 5.41) is 36.8. The Morgan fingerprint density at radius 3 is 2.31 bits per heavy atom. The summed E-state index contributed by atoms with van der Waals surface area (Å²) in [5.41, 5.74) is 5.48. The fraction of sp³-hybridized carbons (Fsp3) is 0.532. The van der Waals surface area contributed by atoms with E-state index in [-0.39, 0.29) is 82.8 Å². The Morgan fingerprint density at radius 2 is 1.58 bits per heavy atom. The molecule has 4 aromatic rings. The van der Waals surface area contributed by atoms with Gasteiger partial charge >= 0.3 is 6.09 Å². The first-order valence-electron chi connectivity index (χ1n) is 28.5. The number of nitrogens with zero attached hydrogens (tertiary/aromatic N) is 4. The molecule has 8 rings (SSSR count). The number of allylic oxidation sites excluding steroid dienone is 1. The predicted molar refractivity (Wildman–Crippen MR) is 297 cm³/mol. The number of aliphatic hydroxyl groups excluding tert-OH is 2. The number of pyridine rings is 1. The monoisotopic (exact) mass is 1070 g/mol. The first kappa shape index (κ1) is 57.7. The topological polar surface area (TPSA) is 194 Å². The van der Waals surface area contributed by atoms with Crippen molar-refractivity contribution in [3.8, 4) is 23.0 Å². The molecule has 0 saturated heterocycles. The summed E-state index contributed by atoms with van der Waals surface area (Å²) in [7, 11) is 0. The molecule has 2 aliphatic heterocycles. The molecule has 3 aromatic carbocycles. The van der Waals surface area contributed by atoms with Crippen LogP contribution in [0.3, 0.4) is 0 Å². The molecular weight excluding hydrogens is 993 g/mol. The summed E-state index contributed by atoms with van der Waals surface area (Å²) in [6.45, 7) is 9.16. The zero-order valence-electron chi connectivity index (χ0n) is 45.7. The lowest BCUT2D eigenvalue weighted by Crippen LogP contribution is -2.70. The van der Waals surface area contributed by atoms with Crippen molar-refractivity contribution in [3.05, 3.63) is 141 Å². The van der Waals surface area contributed by atoms with Crippen molar-refractivity contribution in [1.82, 2.24) is 9.88 Å². The molecule has 6 atom stereocenters. The number of carbonyl (C=O) groups is 1. The van der Waals surface area contributed by atoms with Gasteiger partial charge in [-0.05, 0) is 122 Å². The minimum Gasteiger partial charge on any atom is -0.487 e. The van der Waals surface area contributed by atoms with Gasteiger partial charge in [-0.15, -0.1) is 6.58 Å². The molecule has 0 unspecified atom stereocenters. The Labute approximate surface area is 459 Å². The van der Waals surface area contributed by atoms with Crippen molar-refractivity contribution < 1.29 is 53.2 Å². The second-order valence-corrected chi connectivity index (χ2v) is 21.1. The zero-order chi connectivity index (χ0) is 54.7. The second-order valence-electron chi connectivity index (χ2n) is 21.1. The molecular formula is C62H80N4O12. The number of nitro groups is 1. The van der Waals surface area contributed by atoms with E-state index < -0.39 is 28.8 Å². The number of carbonyl (C=O) groups excluding carboxylic acids is 1. The first-order valence-corrected chi connectivity index (χ1v) is 28.5. The number of amides is 1. The summed E-state index contributed by atoms with van der Waals surface area (Å²) >= 11 is 0. The summed E-state index contributed by atoms with van der Waals surface area (Å²) < 4.78 is 39.2. The van der Waals surface area contributed by atoms with Crippen LogP contribution in [0.15, 0.2) is 108 Å². The Balaban J connectivity index is 1.23. The maximum absolute atomic E-state index is 15.3. The van der Waals surface area contributed by atoms with Crippen molar-refractivity contribution in [2.75, 3.05) is 33.2 Å². The number of non-ortho nitro benzene ring substituents is 1. The third kappa shape index (κ3) is 14.6. The fourth-order valence-electron chi connectivity index (χ4n) is 11.8. The number of ether oxygens (including phenoxy) is 6. The maximum Gasteiger partial charge on any atom is 0.410 e. The van der Waals surface area contributed by atoms with Crippen LogP contribution < -0.4 is 18.9 Å². The number of nitro benzene ring substituents is 1. The van der Waals surface area contributed by atoms with Gasteiger partial charge in [-0.3, -0.25) is 20.0 Å². The van der Waals surface area contributed by atoms with Gasteiger partial charge in [0.1, 0.15) is 30.8 Å². The summed E-state index contributed by atoms with van der Waals surface area (Å²) in [6.07, 6.45) is 19.2. The highest BCUT2D eigenvalue weighted by Crippen LogP contribution is 2.62. The second kappa shape index (κ2) is 28.9. The minimum absolute atomic E-state index is 0.0113. The Hall–Kier alpha value is -6.49. The third-order valence-corrected chi connectivity index (χ3v) is 15.7. The zero-order valence-corrected chi connectivity index (χ0v) is 45.7. The van der Waals surface area contributed by atoms with Crippen molar-refractivity contribution in [2.24, 2.45) is 22.9 Å². The van der Waals surface area contributed by atoms with Crippen LogP contribution in [0, 0.1) is 34.8 Å². The summed E-state index contributed by atoms with van der Waals surface area (Å²) in [4.78, 5) is 39.1. The van der Waals surface area contributed by atoms with E-state index in [1.807, 2.05) is 55.5 Å². The van der Waals surface area contributed by atoms with Gasteiger partial charge in [-0.1, -0.05) is 107 Å². The highest BCUT2D eigenvalue weighted by Gasteiger charge is 2.66. The molecule has 0 spiro atoms. The van der Waals surface area contributed by atoms with Crippen molar-refractivity contribution in [1.29, 1.82) is 0 Å². The standard InChI is InChI=1S/C62H80N4O12/c1-4-6-7-8-9-10-11-12-13-18-35-72-61(69)65(40-46-26-30-56-57(36-46)75-43-74-56)58-39-54(64-77-41-45-24-27-49(28-25-45)66(70)71)52-37-47(21-14-16-32-67)51(23-15-17-33-68)59-53-38-50(73-42-48-22-19-20-44(3)63-48)29-31-55(53)78-62(58,60(52)59)76-34-5-2/h5,19-20,22,24-31,36-38,47,51,58-60,67-68H,2,4,6-18,21,23,32-35,39-43H2,1,3H3/t47-,51+,58-,59+,60+,62+/m0/s1. The third-order valence-electron chi connectivity index (χ3n) is 15.7. The molecule has 16 nitrogen and oxygen atoms in total. The van der Waals surface area contributed by atoms with E-state index in [9.17, 15) is 20.3 Å². The molecule has 420 valence electrons. The maximum atomic E-state index is 15.3. The molecule has 4 aliphatic rings. The molecule has 1 amide bonds. The Kier molecular flexibility index (Phi) is 21.4. The van der Waals surface area contributed by atoms with Crippen LogP contribution in [-0.4, -0.2) is 81.9 Å². The molecule has 2 N–H and O–H groups in total. The van der Waals surface area contributed by atoms with Crippen LogP contribution >= 0.6 is 0 Å². The average molecular weight is 1070 g/mol. The number of aromatic nitrogens is 1. The normalized spacial score (nSPS) is 21.2. The number of unbranched alkanes of at least 4 members (excludes halogenated alkanes) is 11. The van der Waals surface area contributed by atoms with E-state index in [1.54, 1.807) is 23.1 Å². The van der Waals surface area contributed by atoms with Gasteiger partial charge in [0.2, 0.25) is 12.6 Å². The molecule has 78 heavy (non-hydrogen) atoms. The molecule has 16 heteroatoms. The number of benzene rings is 3.